The van der Waals surface area contributed by atoms with E-state index in [4.69, 9.17) is 9.05 Å². The summed E-state index contributed by atoms with van der Waals surface area (Å²) in [7, 11) is 4.59. The minimum Gasteiger partial charge on any atom is -0.361 e. The molecule has 2 aliphatic rings. The van der Waals surface area contributed by atoms with Crippen molar-refractivity contribution in [3.05, 3.63) is 35.0 Å². The average molecular weight is 431 g/mol. The van der Waals surface area contributed by atoms with E-state index in [0.717, 1.165) is 94.5 Å². The number of hydrogen-bond donors (Lipinski definition) is 0. The van der Waals surface area contributed by atoms with Gasteiger partial charge in [0.05, 0.1) is 11.4 Å². The molecule has 0 bridgehead atoms. The maximum absolute atomic E-state index is 5.23. The number of rotatable bonds is 8. The van der Waals surface area contributed by atoms with Crippen LogP contribution in [0.25, 0.3) is 0 Å². The molecule has 0 radical (unpaired) electrons. The molecule has 0 aliphatic carbocycles. The van der Waals surface area contributed by atoms with Gasteiger partial charge in [-0.05, 0) is 47.3 Å². The average Bonchev–Trinajstić information content (AvgIpc) is 3.36. The summed E-state index contributed by atoms with van der Waals surface area (Å²) in [5.41, 5.74) is 2.14. The van der Waals surface area contributed by atoms with Gasteiger partial charge in [0.2, 0.25) is 0 Å². The van der Waals surface area contributed by atoms with Gasteiger partial charge in [0.15, 0.2) is 0 Å². The smallest absolute Gasteiger partial charge is 0.133 e. The maximum atomic E-state index is 5.23. The molecule has 2 aromatic rings. The zero-order valence-corrected chi connectivity index (χ0v) is 19.6. The molecule has 31 heavy (non-hydrogen) atoms. The zero-order valence-electron chi connectivity index (χ0n) is 19.6. The van der Waals surface area contributed by atoms with Crippen LogP contribution in [0.3, 0.4) is 0 Å². The molecule has 4 heterocycles. The van der Waals surface area contributed by atoms with Crippen molar-refractivity contribution in [3.63, 3.8) is 0 Å². The van der Waals surface area contributed by atoms with Gasteiger partial charge in [0, 0.05) is 76.5 Å². The monoisotopic (exact) mass is 430 g/mol. The molecule has 8 nitrogen and oxygen atoms in total. The second kappa shape index (κ2) is 10.3. The van der Waals surface area contributed by atoms with E-state index < -0.39 is 0 Å². The fourth-order valence-corrected chi connectivity index (χ4v) is 4.99. The van der Waals surface area contributed by atoms with Crippen molar-refractivity contribution in [2.24, 2.45) is 0 Å². The molecule has 2 aromatic heterocycles. The summed E-state index contributed by atoms with van der Waals surface area (Å²) in [6.45, 7) is 12.9. The minimum atomic E-state index is 0.554. The van der Waals surface area contributed by atoms with Crippen molar-refractivity contribution in [1.29, 1.82) is 0 Å². The molecule has 2 aliphatic heterocycles. The van der Waals surface area contributed by atoms with Crippen molar-refractivity contribution in [1.82, 2.24) is 29.9 Å². The minimum absolute atomic E-state index is 0.554. The maximum Gasteiger partial charge on any atom is 0.133 e. The van der Waals surface area contributed by atoms with Crippen molar-refractivity contribution in [3.8, 4) is 0 Å². The van der Waals surface area contributed by atoms with E-state index in [9.17, 15) is 0 Å². The Bertz CT molecular complexity index is 821. The normalized spacial score (nSPS) is 24.8. The van der Waals surface area contributed by atoms with Gasteiger partial charge < -0.3 is 18.8 Å². The summed E-state index contributed by atoms with van der Waals surface area (Å²) in [4.78, 5) is 10.4. The zero-order chi connectivity index (χ0) is 21.8. The third-order valence-corrected chi connectivity index (χ3v) is 6.95. The number of piperazine rings is 2. The van der Waals surface area contributed by atoms with Crippen molar-refractivity contribution < 1.29 is 9.05 Å². The number of aromatic nitrogens is 2. The lowest BCUT2D eigenvalue weighted by Gasteiger charge is -2.49. The van der Waals surface area contributed by atoms with E-state index >= 15 is 0 Å². The second-order valence-electron chi connectivity index (χ2n) is 9.41. The highest BCUT2D eigenvalue weighted by atomic mass is 16.5. The lowest BCUT2D eigenvalue weighted by atomic mass is 9.99. The van der Waals surface area contributed by atoms with Crippen molar-refractivity contribution in [2.45, 2.75) is 45.2 Å². The van der Waals surface area contributed by atoms with Gasteiger partial charge in [-0.2, -0.15) is 0 Å². The van der Waals surface area contributed by atoms with Crippen LogP contribution in [0.4, 0.5) is 0 Å². The van der Waals surface area contributed by atoms with Crippen LogP contribution >= 0.6 is 0 Å². The van der Waals surface area contributed by atoms with Crippen LogP contribution in [-0.2, 0) is 12.8 Å². The Morgan fingerprint density at radius 3 is 1.81 bits per heavy atom. The highest BCUT2D eigenvalue weighted by molar-refractivity contribution is 5.05. The van der Waals surface area contributed by atoms with Crippen LogP contribution in [-0.4, -0.2) is 108 Å². The van der Waals surface area contributed by atoms with Gasteiger partial charge in [-0.3, -0.25) is 9.80 Å². The molecule has 0 N–H and O–H groups in total. The summed E-state index contributed by atoms with van der Waals surface area (Å²) in [6.07, 6.45) is 3.08. The Kier molecular flexibility index (Phi) is 7.43. The standard InChI is InChI=1S/C23H38N6O2/c1-18-14-20(24-30-18)6-5-8-28-12-10-26(3)22(16-28)23-17-29(13-11-27(23)4)9-7-21-15-19(2)31-25-21/h14-15,22-23H,5-13,16-17H2,1-4H3. The molecular formula is C23H38N6O2. The fraction of sp³-hybridized carbons (Fsp3) is 0.739. The molecule has 0 saturated carbocycles. The third-order valence-electron chi connectivity index (χ3n) is 6.95. The summed E-state index contributed by atoms with van der Waals surface area (Å²) < 4.78 is 10.4. The molecule has 8 heteroatoms. The largest absolute Gasteiger partial charge is 0.361 e. The van der Waals surface area contributed by atoms with E-state index in [1.54, 1.807) is 0 Å². The van der Waals surface area contributed by atoms with Gasteiger partial charge in [0.1, 0.15) is 11.5 Å². The van der Waals surface area contributed by atoms with Gasteiger partial charge in [0.25, 0.3) is 0 Å². The Balaban J connectivity index is 1.28. The van der Waals surface area contributed by atoms with E-state index in [1.165, 1.54) is 0 Å². The number of aryl methyl sites for hydroxylation is 3. The molecule has 0 amide bonds. The van der Waals surface area contributed by atoms with Gasteiger partial charge in [-0.1, -0.05) is 10.3 Å². The molecule has 2 saturated heterocycles. The number of hydrogen-bond acceptors (Lipinski definition) is 8. The quantitative estimate of drug-likeness (QED) is 0.627. The third kappa shape index (κ3) is 5.94. The van der Waals surface area contributed by atoms with Crippen LogP contribution in [0.15, 0.2) is 21.2 Å². The van der Waals surface area contributed by atoms with Crippen LogP contribution in [0.5, 0.6) is 0 Å². The molecule has 172 valence electrons. The van der Waals surface area contributed by atoms with Crippen LogP contribution in [0, 0.1) is 13.8 Å². The van der Waals surface area contributed by atoms with Crippen LogP contribution in [0.1, 0.15) is 29.3 Å². The molecule has 0 aromatic carbocycles. The highest BCUT2D eigenvalue weighted by Gasteiger charge is 2.36. The van der Waals surface area contributed by atoms with Gasteiger partial charge >= 0.3 is 0 Å². The Morgan fingerprint density at radius 1 is 0.774 bits per heavy atom. The first-order valence-corrected chi connectivity index (χ1v) is 11.7. The van der Waals surface area contributed by atoms with E-state index in [2.05, 4.69) is 56.1 Å². The molecule has 2 fully saturated rings. The summed E-state index contributed by atoms with van der Waals surface area (Å²) in [5.74, 6) is 1.80. The molecule has 4 rings (SSSR count). The number of likely N-dealkylation sites (N-methyl/N-ethyl adjacent to an activating group) is 2. The van der Waals surface area contributed by atoms with E-state index in [1.807, 2.05) is 13.8 Å². The van der Waals surface area contributed by atoms with Crippen molar-refractivity contribution >= 4 is 0 Å². The van der Waals surface area contributed by atoms with Crippen LogP contribution < -0.4 is 0 Å². The predicted molar refractivity (Wildman–Crippen MR) is 120 cm³/mol. The molecular weight excluding hydrogens is 392 g/mol. The molecule has 2 unspecified atom stereocenters. The summed E-state index contributed by atoms with van der Waals surface area (Å²) in [5, 5.41) is 8.29. The van der Waals surface area contributed by atoms with Crippen LogP contribution in [0.2, 0.25) is 0 Å². The first-order valence-electron chi connectivity index (χ1n) is 11.7. The molecule has 0 spiro atoms. The predicted octanol–water partition coefficient (Wildman–Crippen LogP) is 1.69. The summed E-state index contributed by atoms with van der Waals surface area (Å²) in [6, 6.07) is 5.23. The summed E-state index contributed by atoms with van der Waals surface area (Å²) >= 11 is 0. The first kappa shape index (κ1) is 22.5. The number of nitrogens with zero attached hydrogens (tertiary/aromatic N) is 6. The van der Waals surface area contributed by atoms with E-state index in [0.29, 0.717) is 12.1 Å². The Morgan fingerprint density at radius 2 is 1.29 bits per heavy atom. The molecule has 2 atom stereocenters. The lowest BCUT2D eigenvalue weighted by molar-refractivity contribution is -0.000917. The topological polar surface area (TPSA) is 65.0 Å². The Labute approximate surface area is 186 Å². The Hall–Kier alpha value is -1.74. The lowest BCUT2D eigenvalue weighted by Crippen LogP contribution is -2.65. The highest BCUT2D eigenvalue weighted by Crippen LogP contribution is 2.20. The van der Waals surface area contributed by atoms with E-state index in [-0.39, 0.29) is 0 Å². The fourth-order valence-electron chi connectivity index (χ4n) is 4.99. The van der Waals surface area contributed by atoms with Gasteiger partial charge in [-0.25, -0.2) is 0 Å². The second-order valence-corrected chi connectivity index (χ2v) is 9.41. The first-order chi connectivity index (χ1) is 15.0. The van der Waals surface area contributed by atoms with Crippen molar-refractivity contribution in [2.75, 3.05) is 66.5 Å². The SMILES string of the molecule is Cc1cc(CCCN2CCN(C)C(C3CN(CCc4cc(C)on4)CCN3C)C2)no1. The van der Waals surface area contributed by atoms with Gasteiger partial charge in [-0.15, -0.1) is 0 Å².